The molecule has 0 aliphatic rings. The minimum Gasteiger partial charge on any atom is -0.424 e. The number of fused-ring (bicyclic) bond motifs is 1. The molecular weight excluding hydrogens is 283 g/mol. The van der Waals surface area contributed by atoms with E-state index in [-0.39, 0.29) is 5.56 Å². The van der Waals surface area contributed by atoms with E-state index in [1.54, 1.807) is 12.1 Å². The summed E-state index contributed by atoms with van der Waals surface area (Å²) >= 11 is 0. The molecule has 0 bridgehead atoms. The quantitative estimate of drug-likeness (QED) is 0.706. The lowest BCUT2D eigenvalue weighted by molar-refractivity contribution is 0.615. The van der Waals surface area contributed by atoms with Crippen LogP contribution in [0.4, 0.5) is 16.1 Å². The van der Waals surface area contributed by atoms with Gasteiger partial charge in [0.25, 0.3) is 6.01 Å². The summed E-state index contributed by atoms with van der Waals surface area (Å²) in [5, 5.41) is 15.0. The topological polar surface area (TPSA) is 73.9 Å². The van der Waals surface area contributed by atoms with Crippen molar-refractivity contribution in [3.63, 3.8) is 0 Å². The summed E-state index contributed by atoms with van der Waals surface area (Å²) in [5.74, 6) is -0.528. The van der Waals surface area contributed by atoms with Crippen molar-refractivity contribution in [1.82, 2.24) is 4.98 Å². The molecule has 0 radical (unpaired) electrons. The molecule has 5 nitrogen and oxygen atoms in total. The molecule has 0 spiro atoms. The van der Waals surface area contributed by atoms with E-state index < -0.39 is 5.82 Å². The Hall–Kier alpha value is -3.07. The summed E-state index contributed by atoms with van der Waals surface area (Å²) in [6, 6.07) is 14.3. The van der Waals surface area contributed by atoms with Gasteiger partial charge in [-0.15, -0.1) is 0 Å². The molecule has 0 saturated carbocycles. The van der Waals surface area contributed by atoms with Crippen molar-refractivity contribution in [2.24, 2.45) is 0 Å². The van der Waals surface area contributed by atoms with E-state index in [2.05, 4.69) is 15.6 Å². The first-order valence-corrected chi connectivity index (χ1v) is 6.80. The highest BCUT2D eigenvalue weighted by molar-refractivity contribution is 5.74. The maximum absolute atomic E-state index is 13.4. The number of para-hydroxylation sites is 2. The van der Waals surface area contributed by atoms with E-state index in [9.17, 15) is 4.39 Å². The first kappa shape index (κ1) is 13.9. The van der Waals surface area contributed by atoms with Crippen LogP contribution in [-0.4, -0.2) is 18.1 Å². The van der Waals surface area contributed by atoms with E-state index >= 15 is 0 Å². The van der Waals surface area contributed by atoms with E-state index in [0.29, 0.717) is 24.8 Å². The van der Waals surface area contributed by atoms with Gasteiger partial charge in [-0.05, 0) is 24.3 Å². The van der Waals surface area contributed by atoms with Gasteiger partial charge in [-0.1, -0.05) is 18.2 Å². The van der Waals surface area contributed by atoms with Crippen molar-refractivity contribution >= 4 is 22.8 Å². The molecule has 22 heavy (non-hydrogen) atoms. The van der Waals surface area contributed by atoms with Crippen LogP contribution in [0, 0.1) is 17.1 Å². The van der Waals surface area contributed by atoms with Gasteiger partial charge in [-0.25, -0.2) is 4.39 Å². The molecule has 1 aromatic heterocycles. The standard InChI is InChI=1S/C16H13FN4O/c17-12-4-3-6-13(11(12)10-18)19-8-9-20-16-21-14-5-1-2-7-15(14)22-16/h1-7,19H,8-9H2,(H,20,21). The Labute approximate surface area is 126 Å². The smallest absolute Gasteiger partial charge is 0.295 e. The SMILES string of the molecule is N#Cc1c(F)cccc1NCCNc1nc2ccccc2o1. The zero-order valence-corrected chi connectivity index (χ0v) is 11.6. The molecule has 0 atom stereocenters. The highest BCUT2D eigenvalue weighted by atomic mass is 19.1. The fraction of sp³-hybridized carbons (Fsp3) is 0.125. The van der Waals surface area contributed by atoms with Crippen LogP contribution in [0.25, 0.3) is 11.1 Å². The number of benzene rings is 2. The maximum Gasteiger partial charge on any atom is 0.295 e. The average molecular weight is 296 g/mol. The third-order valence-corrected chi connectivity index (χ3v) is 3.14. The normalized spacial score (nSPS) is 10.4. The number of halogens is 1. The molecule has 0 aliphatic heterocycles. The highest BCUT2D eigenvalue weighted by Gasteiger charge is 2.07. The van der Waals surface area contributed by atoms with Gasteiger partial charge in [0.1, 0.15) is 23.0 Å². The van der Waals surface area contributed by atoms with Gasteiger partial charge >= 0.3 is 0 Å². The van der Waals surface area contributed by atoms with Crippen molar-refractivity contribution < 1.29 is 8.81 Å². The second-order valence-corrected chi connectivity index (χ2v) is 4.61. The number of nitrogens with one attached hydrogen (secondary N) is 2. The Balaban J connectivity index is 1.58. The number of anilines is 2. The van der Waals surface area contributed by atoms with Gasteiger partial charge < -0.3 is 15.1 Å². The van der Waals surface area contributed by atoms with Crippen molar-refractivity contribution in [3.8, 4) is 6.07 Å². The molecule has 2 N–H and O–H groups in total. The molecule has 0 unspecified atom stereocenters. The van der Waals surface area contributed by atoms with Crippen molar-refractivity contribution in [3.05, 3.63) is 53.8 Å². The van der Waals surface area contributed by atoms with Crippen LogP contribution in [0.2, 0.25) is 0 Å². The van der Waals surface area contributed by atoms with E-state index in [1.807, 2.05) is 30.3 Å². The Morgan fingerprint density at radius 3 is 2.73 bits per heavy atom. The van der Waals surface area contributed by atoms with Gasteiger partial charge in [-0.3, -0.25) is 0 Å². The first-order valence-electron chi connectivity index (χ1n) is 6.80. The Kier molecular flexibility index (Phi) is 3.88. The van der Waals surface area contributed by atoms with Gasteiger partial charge in [0, 0.05) is 13.1 Å². The number of hydrogen-bond acceptors (Lipinski definition) is 5. The van der Waals surface area contributed by atoms with Gasteiger partial charge in [0.15, 0.2) is 5.58 Å². The number of oxazole rings is 1. The lowest BCUT2D eigenvalue weighted by Crippen LogP contribution is -2.14. The fourth-order valence-electron chi connectivity index (χ4n) is 2.10. The predicted molar refractivity (Wildman–Crippen MR) is 82.1 cm³/mol. The molecule has 1 heterocycles. The average Bonchev–Trinajstić information content (AvgIpc) is 2.94. The lowest BCUT2D eigenvalue weighted by atomic mass is 10.2. The van der Waals surface area contributed by atoms with E-state index in [1.165, 1.54) is 6.07 Å². The summed E-state index contributed by atoms with van der Waals surface area (Å²) < 4.78 is 19.0. The van der Waals surface area contributed by atoms with Gasteiger partial charge in [-0.2, -0.15) is 10.2 Å². The zero-order chi connectivity index (χ0) is 15.4. The van der Waals surface area contributed by atoms with Crippen LogP contribution < -0.4 is 10.6 Å². The summed E-state index contributed by atoms with van der Waals surface area (Å²) in [7, 11) is 0. The number of rotatable bonds is 5. The molecular formula is C16H13FN4O. The van der Waals surface area contributed by atoms with Crippen molar-refractivity contribution in [2.75, 3.05) is 23.7 Å². The minimum atomic E-state index is -0.528. The summed E-state index contributed by atoms with van der Waals surface area (Å²) in [4.78, 5) is 4.29. The molecule has 0 fully saturated rings. The molecule has 0 saturated heterocycles. The van der Waals surface area contributed by atoms with E-state index in [0.717, 1.165) is 11.1 Å². The second-order valence-electron chi connectivity index (χ2n) is 4.61. The summed E-state index contributed by atoms with van der Waals surface area (Å²) in [6.45, 7) is 1.02. The molecule has 0 amide bonds. The van der Waals surface area contributed by atoms with E-state index in [4.69, 9.17) is 9.68 Å². The largest absolute Gasteiger partial charge is 0.424 e. The van der Waals surface area contributed by atoms with Gasteiger partial charge in [0.2, 0.25) is 0 Å². The van der Waals surface area contributed by atoms with Crippen LogP contribution >= 0.6 is 0 Å². The van der Waals surface area contributed by atoms with Crippen molar-refractivity contribution in [1.29, 1.82) is 5.26 Å². The van der Waals surface area contributed by atoms with Crippen LogP contribution in [0.3, 0.4) is 0 Å². The predicted octanol–water partition coefficient (Wildman–Crippen LogP) is 3.36. The first-order chi connectivity index (χ1) is 10.8. The van der Waals surface area contributed by atoms with Crippen LogP contribution in [0.1, 0.15) is 5.56 Å². The van der Waals surface area contributed by atoms with Gasteiger partial charge in [0.05, 0.1) is 5.69 Å². The Morgan fingerprint density at radius 2 is 1.91 bits per heavy atom. The van der Waals surface area contributed by atoms with Crippen LogP contribution in [-0.2, 0) is 0 Å². The highest BCUT2D eigenvalue weighted by Crippen LogP contribution is 2.19. The number of hydrogen-bond donors (Lipinski definition) is 2. The van der Waals surface area contributed by atoms with Crippen LogP contribution in [0.15, 0.2) is 46.9 Å². The number of aromatic nitrogens is 1. The maximum atomic E-state index is 13.4. The summed E-state index contributed by atoms with van der Waals surface area (Å²) in [6.07, 6.45) is 0. The third kappa shape index (κ3) is 2.83. The number of nitriles is 1. The number of nitrogens with zero attached hydrogens (tertiary/aromatic N) is 2. The van der Waals surface area contributed by atoms with Crippen LogP contribution in [0.5, 0.6) is 0 Å². The minimum absolute atomic E-state index is 0.0179. The third-order valence-electron chi connectivity index (χ3n) is 3.14. The molecule has 3 aromatic rings. The molecule has 6 heteroatoms. The molecule has 0 aliphatic carbocycles. The molecule has 3 rings (SSSR count). The van der Waals surface area contributed by atoms with Crippen molar-refractivity contribution in [2.45, 2.75) is 0 Å². The Morgan fingerprint density at radius 1 is 1.09 bits per heavy atom. The molecule has 110 valence electrons. The monoisotopic (exact) mass is 296 g/mol. The summed E-state index contributed by atoms with van der Waals surface area (Å²) in [5.41, 5.74) is 2.00. The Bertz CT molecular complexity index is 805. The second kappa shape index (κ2) is 6.14. The molecule has 2 aromatic carbocycles. The fourth-order valence-corrected chi connectivity index (χ4v) is 2.10. The zero-order valence-electron chi connectivity index (χ0n) is 11.6. The lowest BCUT2D eigenvalue weighted by Gasteiger charge is -2.08.